The van der Waals surface area contributed by atoms with Crippen LogP contribution in [0.25, 0.3) is 0 Å². The second-order valence-corrected chi connectivity index (χ2v) is 5.12. The molecular weight excluding hydrogens is 270 g/mol. The van der Waals surface area contributed by atoms with Crippen molar-refractivity contribution in [3.05, 3.63) is 29.3 Å². The number of hydrogen-bond donors (Lipinski definition) is 3. The first-order valence-electron chi connectivity index (χ1n) is 4.68. The molecule has 9 heteroatoms. The quantitative estimate of drug-likeness (QED) is 0.721. The predicted octanol–water partition coefficient (Wildman–Crippen LogP) is 0.363. The molecule has 0 bridgehead atoms. The average Bonchev–Trinajstić information content (AvgIpc) is 2.22. The molecule has 1 rings (SSSR count). The van der Waals surface area contributed by atoms with Gasteiger partial charge in [-0.05, 0) is 12.1 Å². The molecule has 0 heterocycles. The summed E-state index contributed by atoms with van der Waals surface area (Å²) in [7, 11) is -3.71. The molecule has 0 radical (unpaired) electrons. The molecule has 100 valence electrons. The van der Waals surface area contributed by atoms with E-state index in [1.165, 1.54) is 0 Å². The van der Waals surface area contributed by atoms with Gasteiger partial charge >= 0.3 is 5.97 Å². The van der Waals surface area contributed by atoms with Gasteiger partial charge in [-0.15, -0.1) is 0 Å². The van der Waals surface area contributed by atoms with E-state index in [0.29, 0.717) is 0 Å². The van der Waals surface area contributed by atoms with Gasteiger partial charge in [0.25, 0.3) is 0 Å². The van der Waals surface area contributed by atoms with Crippen LogP contribution in [0.1, 0.15) is 10.4 Å². The van der Waals surface area contributed by atoms with Crippen molar-refractivity contribution in [1.82, 2.24) is 0 Å². The van der Waals surface area contributed by atoms with Crippen LogP contribution >= 0.6 is 0 Å². The Balaban J connectivity index is 2.86. The molecule has 0 aliphatic carbocycles. The first-order chi connectivity index (χ1) is 8.22. The first-order valence-corrected chi connectivity index (χ1v) is 6.39. The molecule has 0 fully saturated rings. The van der Waals surface area contributed by atoms with E-state index in [4.69, 9.17) is 10.2 Å². The van der Waals surface area contributed by atoms with Crippen LogP contribution in [0, 0.1) is 11.6 Å². The zero-order chi connectivity index (χ0) is 13.9. The van der Waals surface area contributed by atoms with Crippen molar-refractivity contribution < 1.29 is 27.1 Å². The number of benzene rings is 1. The maximum absolute atomic E-state index is 13.4. The zero-order valence-electron chi connectivity index (χ0n) is 8.98. The van der Waals surface area contributed by atoms with Crippen LogP contribution < -0.4 is 10.5 Å². The van der Waals surface area contributed by atoms with Crippen molar-refractivity contribution in [3.63, 3.8) is 0 Å². The molecule has 0 saturated heterocycles. The molecule has 0 aliphatic heterocycles. The molecule has 0 aliphatic rings. The third-order valence-corrected chi connectivity index (χ3v) is 2.79. The van der Waals surface area contributed by atoms with Crippen molar-refractivity contribution in [1.29, 1.82) is 0 Å². The number of hydrogen-bond acceptors (Lipinski definition) is 4. The zero-order valence-corrected chi connectivity index (χ0v) is 9.80. The van der Waals surface area contributed by atoms with Crippen LogP contribution in [-0.4, -0.2) is 31.8 Å². The summed E-state index contributed by atoms with van der Waals surface area (Å²) in [6, 6.07) is 1.88. The van der Waals surface area contributed by atoms with E-state index in [-0.39, 0.29) is 12.2 Å². The van der Waals surface area contributed by atoms with Crippen molar-refractivity contribution in [2.75, 3.05) is 17.6 Å². The number of nitrogens with two attached hydrogens (primary N) is 1. The van der Waals surface area contributed by atoms with E-state index in [1.54, 1.807) is 0 Å². The molecule has 0 spiro atoms. The lowest BCUT2D eigenvalue weighted by atomic mass is 10.2. The fourth-order valence-electron chi connectivity index (χ4n) is 1.18. The molecule has 0 unspecified atom stereocenters. The van der Waals surface area contributed by atoms with E-state index in [0.717, 1.165) is 12.1 Å². The minimum Gasteiger partial charge on any atom is -0.478 e. The third-order valence-electron chi connectivity index (χ3n) is 2.01. The molecule has 1 aromatic carbocycles. The number of primary sulfonamides is 1. The van der Waals surface area contributed by atoms with Crippen molar-refractivity contribution >= 4 is 21.7 Å². The highest BCUT2D eigenvalue weighted by molar-refractivity contribution is 7.89. The monoisotopic (exact) mass is 280 g/mol. The maximum atomic E-state index is 13.4. The van der Waals surface area contributed by atoms with Crippen LogP contribution in [0.2, 0.25) is 0 Å². The topological polar surface area (TPSA) is 109 Å². The van der Waals surface area contributed by atoms with Gasteiger partial charge in [-0.25, -0.2) is 27.1 Å². The van der Waals surface area contributed by atoms with E-state index in [2.05, 4.69) is 5.32 Å². The Morgan fingerprint density at radius 3 is 2.44 bits per heavy atom. The van der Waals surface area contributed by atoms with Gasteiger partial charge in [-0.1, -0.05) is 0 Å². The van der Waals surface area contributed by atoms with Crippen LogP contribution in [0.3, 0.4) is 0 Å². The summed E-state index contributed by atoms with van der Waals surface area (Å²) in [6.07, 6.45) is 0. The molecule has 0 atom stereocenters. The van der Waals surface area contributed by atoms with E-state index >= 15 is 0 Å². The van der Waals surface area contributed by atoms with Gasteiger partial charge in [0.15, 0.2) is 11.6 Å². The fourth-order valence-corrected chi connectivity index (χ4v) is 1.57. The van der Waals surface area contributed by atoms with Gasteiger partial charge in [0.1, 0.15) is 0 Å². The number of halogens is 2. The van der Waals surface area contributed by atoms with Crippen LogP contribution in [-0.2, 0) is 10.0 Å². The smallest absolute Gasteiger partial charge is 0.338 e. The van der Waals surface area contributed by atoms with E-state index in [1.807, 2.05) is 0 Å². The molecule has 18 heavy (non-hydrogen) atoms. The Kier molecular flexibility index (Phi) is 4.19. The Morgan fingerprint density at radius 2 is 1.94 bits per heavy atom. The highest BCUT2D eigenvalue weighted by atomic mass is 32.2. The summed E-state index contributed by atoms with van der Waals surface area (Å²) < 4.78 is 47.8. The second kappa shape index (κ2) is 5.27. The van der Waals surface area contributed by atoms with Crippen molar-refractivity contribution in [3.8, 4) is 0 Å². The number of carbonyl (C=O) groups is 1. The number of carboxylic acid groups (broad SMARTS) is 1. The normalized spacial score (nSPS) is 11.3. The molecule has 4 N–H and O–H groups in total. The Bertz CT molecular complexity index is 574. The van der Waals surface area contributed by atoms with Gasteiger partial charge in [-0.3, -0.25) is 0 Å². The molecule has 6 nitrogen and oxygen atoms in total. The van der Waals surface area contributed by atoms with Gasteiger partial charge in [-0.2, -0.15) is 0 Å². The SMILES string of the molecule is NS(=O)(=O)CCNc1ccc(C(=O)O)c(F)c1F. The largest absolute Gasteiger partial charge is 0.478 e. The standard InChI is InChI=1S/C9H10F2N2O4S/c10-7-5(9(14)15)1-2-6(8(7)11)13-3-4-18(12,16)17/h1-2,13H,3-4H2,(H,14,15)(H2,12,16,17). The second-order valence-electron chi connectivity index (χ2n) is 3.39. The van der Waals surface area contributed by atoms with E-state index in [9.17, 15) is 22.0 Å². The van der Waals surface area contributed by atoms with Crippen LogP contribution in [0.5, 0.6) is 0 Å². The predicted molar refractivity (Wildman–Crippen MR) is 59.8 cm³/mol. The van der Waals surface area contributed by atoms with Gasteiger partial charge < -0.3 is 10.4 Å². The average molecular weight is 280 g/mol. The van der Waals surface area contributed by atoms with Crippen LogP contribution in [0.4, 0.5) is 14.5 Å². The number of nitrogens with one attached hydrogen (secondary N) is 1. The number of rotatable bonds is 5. The van der Waals surface area contributed by atoms with Gasteiger partial charge in [0.05, 0.1) is 17.0 Å². The van der Waals surface area contributed by atoms with Gasteiger partial charge in [0, 0.05) is 6.54 Å². The maximum Gasteiger partial charge on any atom is 0.338 e. The summed E-state index contributed by atoms with van der Waals surface area (Å²) >= 11 is 0. The molecule has 0 amide bonds. The Hall–Kier alpha value is -1.74. The highest BCUT2D eigenvalue weighted by Gasteiger charge is 2.17. The number of sulfonamides is 1. The number of aromatic carboxylic acids is 1. The number of anilines is 1. The number of carboxylic acids is 1. The first kappa shape index (κ1) is 14.3. The summed E-state index contributed by atoms with van der Waals surface area (Å²) in [5.74, 6) is -4.95. The molecule has 1 aromatic rings. The van der Waals surface area contributed by atoms with E-state index < -0.39 is 38.9 Å². The van der Waals surface area contributed by atoms with Gasteiger partial charge in [0.2, 0.25) is 10.0 Å². The lowest BCUT2D eigenvalue weighted by molar-refractivity contribution is 0.0690. The molecular formula is C9H10F2N2O4S. The summed E-state index contributed by atoms with van der Waals surface area (Å²) in [5.41, 5.74) is -1.13. The Labute approximate surface area is 101 Å². The minimum atomic E-state index is -3.71. The molecule has 0 aromatic heterocycles. The van der Waals surface area contributed by atoms with Crippen molar-refractivity contribution in [2.24, 2.45) is 5.14 Å². The van der Waals surface area contributed by atoms with Crippen molar-refractivity contribution in [2.45, 2.75) is 0 Å². The third kappa shape index (κ3) is 3.64. The lowest BCUT2D eigenvalue weighted by Gasteiger charge is -2.08. The summed E-state index contributed by atoms with van der Waals surface area (Å²) in [5, 5.41) is 15.6. The minimum absolute atomic E-state index is 0.221. The Morgan fingerprint density at radius 1 is 1.33 bits per heavy atom. The molecule has 0 saturated carbocycles. The van der Waals surface area contributed by atoms with Crippen LogP contribution in [0.15, 0.2) is 12.1 Å². The lowest BCUT2D eigenvalue weighted by Crippen LogP contribution is -2.22. The highest BCUT2D eigenvalue weighted by Crippen LogP contribution is 2.20. The summed E-state index contributed by atoms with van der Waals surface area (Å²) in [6.45, 7) is -0.221. The fraction of sp³-hybridized carbons (Fsp3) is 0.222. The summed E-state index contributed by atoms with van der Waals surface area (Å²) in [4.78, 5) is 10.5.